The van der Waals surface area contributed by atoms with Crippen LogP contribution in [0.1, 0.15) is 43.7 Å². The van der Waals surface area contributed by atoms with E-state index in [2.05, 4.69) is 21.2 Å². The molecule has 4 fully saturated rings. The normalized spacial score (nSPS) is 26.0. The van der Waals surface area contributed by atoms with E-state index in [1.165, 1.54) is 12.8 Å². The van der Waals surface area contributed by atoms with Crippen molar-refractivity contribution in [3.63, 3.8) is 0 Å². The van der Waals surface area contributed by atoms with Crippen LogP contribution in [-0.4, -0.2) is 83.8 Å². The fourth-order valence-corrected chi connectivity index (χ4v) is 4.70. The van der Waals surface area contributed by atoms with Gasteiger partial charge in [-0.3, -0.25) is 9.59 Å². The summed E-state index contributed by atoms with van der Waals surface area (Å²) in [7, 11) is 1.87. The summed E-state index contributed by atoms with van der Waals surface area (Å²) in [5.74, 6) is 1.48. The highest BCUT2D eigenvalue weighted by molar-refractivity contribution is 5.89. The molecule has 1 aliphatic carbocycles. The van der Waals surface area contributed by atoms with Gasteiger partial charge >= 0.3 is 0 Å². The smallest absolute Gasteiger partial charge is 0.228 e. The Morgan fingerprint density at radius 3 is 2.52 bits per heavy atom. The molecule has 5 rings (SSSR count). The number of likely N-dealkylation sites (tertiary alicyclic amines) is 1. The minimum absolute atomic E-state index is 0.0905. The number of hydrogen-bond acceptors (Lipinski definition) is 6. The molecular weight excluding hydrogens is 370 g/mol. The average molecular weight is 399 g/mol. The Labute approximate surface area is 171 Å². The number of likely N-dealkylation sites (N-methyl/N-ethyl adjacent to an activating group) is 1. The second-order valence-electron chi connectivity index (χ2n) is 8.89. The van der Waals surface area contributed by atoms with Crippen LogP contribution in [0.4, 0.5) is 5.82 Å². The van der Waals surface area contributed by atoms with Crippen molar-refractivity contribution in [1.82, 2.24) is 20.0 Å². The van der Waals surface area contributed by atoms with Gasteiger partial charge in [-0.25, -0.2) is 0 Å². The topological polar surface area (TPSA) is 78.9 Å². The molecule has 156 valence electrons. The number of hydrogen-bond donors (Lipinski definition) is 0. The van der Waals surface area contributed by atoms with Gasteiger partial charge in [0.1, 0.15) is 0 Å². The quantitative estimate of drug-likeness (QED) is 0.736. The molecule has 1 aromatic rings. The highest BCUT2D eigenvalue weighted by Crippen LogP contribution is 2.39. The minimum Gasteiger partial charge on any atom is -0.381 e. The van der Waals surface area contributed by atoms with Gasteiger partial charge in [0, 0.05) is 58.3 Å². The lowest BCUT2D eigenvalue weighted by molar-refractivity contribution is -0.137. The van der Waals surface area contributed by atoms with Gasteiger partial charge in [0.05, 0.1) is 17.7 Å². The van der Waals surface area contributed by atoms with Crippen LogP contribution in [0, 0.1) is 5.92 Å². The average Bonchev–Trinajstić information content (AvgIpc) is 3.49. The van der Waals surface area contributed by atoms with Gasteiger partial charge in [0.2, 0.25) is 11.8 Å². The third-order valence-corrected chi connectivity index (χ3v) is 6.89. The van der Waals surface area contributed by atoms with Crippen molar-refractivity contribution < 1.29 is 14.3 Å². The molecule has 3 saturated heterocycles. The maximum absolute atomic E-state index is 13.0. The molecule has 0 bridgehead atoms. The molecule has 0 N–H and O–H groups in total. The Kier molecular flexibility index (Phi) is 4.89. The van der Waals surface area contributed by atoms with Crippen molar-refractivity contribution in [1.29, 1.82) is 0 Å². The van der Waals surface area contributed by atoms with E-state index >= 15 is 0 Å². The molecule has 1 saturated carbocycles. The summed E-state index contributed by atoms with van der Waals surface area (Å²) in [6.07, 6.45) is 4.54. The number of nitrogens with zero attached hydrogens (tertiary/aromatic N) is 5. The number of amides is 2. The van der Waals surface area contributed by atoms with Gasteiger partial charge < -0.3 is 19.4 Å². The van der Waals surface area contributed by atoms with E-state index in [9.17, 15) is 9.59 Å². The van der Waals surface area contributed by atoms with Crippen LogP contribution >= 0.6 is 0 Å². The van der Waals surface area contributed by atoms with Crippen molar-refractivity contribution in [2.45, 2.75) is 50.1 Å². The number of anilines is 1. The van der Waals surface area contributed by atoms with Gasteiger partial charge in [0.15, 0.2) is 5.82 Å². The molecule has 1 aromatic heterocycles. The summed E-state index contributed by atoms with van der Waals surface area (Å²) in [4.78, 5) is 31.4. The first-order chi connectivity index (χ1) is 14.1. The van der Waals surface area contributed by atoms with E-state index in [1.807, 2.05) is 22.9 Å². The zero-order valence-corrected chi connectivity index (χ0v) is 17.0. The lowest BCUT2D eigenvalue weighted by Gasteiger charge is -2.45. The molecule has 2 amide bonds. The first-order valence-electron chi connectivity index (χ1n) is 10.8. The molecule has 0 spiro atoms. The molecule has 8 nitrogen and oxygen atoms in total. The maximum atomic E-state index is 13.0. The van der Waals surface area contributed by atoms with Crippen LogP contribution in [0.2, 0.25) is 0 Å². The van der Waals surface area contributed by atoms with Crippen LogP contribution < -0.4 is 4.90 Å². The Morgan fingerprint density at radius 2 is 1.86 bits per heavy atom. The zero-order chi connectivity index (χ0) is 20.0. The predicted octanol–water partition coefficient (Wildman–Crippen LogP) is 1.03. The fraction of sp³-hybridized carbons (Fsp3) is 0.714. The first kappa shape index (κ1) is 18.8. The van der Waals surface area contributed by atoms with E-state index in [0.717, 1.165) is 37.4 Å². The molecule has 1 unspecified atom stereocenters. The van der Waals surface area contributed by atoms with Gasteiger partial charge in [-0.05, 0) is 37.8 Å². The molecule has 1 atom stereocenters. The van der Waals surface area contributed by atoms with Crippen molar-refractivity contribution in [2.75, 3.05) is 44.8 Å². The SMILES string of the molecule is CN(C(=O)C1CC(=O)N(C2CCOCC2)C1)C1CN(c2ccc(C3CC3)nn2)C1. The first-order valence-corrected chi connectivity index (χ1v) is 10.8. The molecule has 0 radical (unpaired) electrons. The fourth-order valence-electron chi connectivity index (χ4n) is 4.70. The number of carbonyl (C=O) groups is 2. The zero-order valence-electron chi connectivity index (χ0n) is 17.0. The summed E-state index contributed by atoms with van der Waals surface area (Å²) in [6, 6.07) is 4.52. The molecule has 4 aliphatic rings. The molecular formula is C21H29N5O3. The van der Waals surface area contributed by atoms with Gasteiger partial charge in [-0.15, -0.1) is 5.10 Å². The molecule has 8 heteroatoms. The summed E-state index contributed by atoms with van der Waals surface area (Å²) in [5, 5.41) is 8.71. The molecule has 4 heterocycles. The van der Waals surface area contributed by atoms with Crippen LogP contribution in [0.3, 0.4) is 0 Å². The van der Waals surface area contributed by atoms with Gasteiger partial charge in [-0.1, -0.05) is 0 Å². The number of carbonyl (C=O) groups excluding carboxylic acids is 2. The monoisotopic (exact) mass is 399 g/mol. The van der Waals surface area contributed by atoms with E-state index in [4.69, 9.17) is 4.74 Å². The van der Waals surface area contributed by atoms with E-state index in [1.54, 1.807) is 0 Å². The maximum Gasteiger partial charge on any atom is 0.228 e. The summed E-state index contributed by atoms with van der Waals surface area (Å²) >= 11 is 0. The van der Waals surface area contributed by atoms with E-state index < -0.39 is 0 Å². The summed E-state index contributed by atoms with van der Waals surface area (Å²) in [5.41, 5.74) is 1.10. The third-order valence-electron chi connectivity index (χ3n) is 6.89. The van der Waals surface area contributed by atoms with Crippen LogP contribution in [0.25, 0.3) is 0 Å². The van der Waals surface area contributed by atoms with Crippen LogP contribution in [0.5, 0.6) is 0 Å². The summed E-state index contributed by atoms with van der Waals surface area (Å²) < 4.78 is 5.40. The van der Waals surface area contributed by atoms with Crippen molar-refractivity contribution >= 4 is 17.6 Å². The van der Waals surface area contributed by atoms with Crippen LogP contribution in [-0.2, 0) is 14.3 Å². The Balaban J connectivity index is 1.14. The number of rotatable bonds is 5. The Hall–Kier alpha value is -2.22. The second kappa shape index (κ2) is 7.55. The minimum atomic E-state index is -0.220. The standard InChI is InChI=1S/C21H29N5O3/c1-24(17-12-25(13-17)19-5-4-18(22-23-19)14-2-3-14)21(28)15-10-20(27)26(11-15)16-6-8-29-9-7-16/h4-5,14-17H,2-3,6-13H2,1H3. The highest BCUT2D eigenvalue weighted by atomic mass is 16.5. The highest BCUT2D eigenvalue weighted by Gasteiger charge is 2.42. The third kappa shape index (κ3) is 3.70. The van der Waals surface area contributed by atoms with Crippen molar-refractivity contribution in [3.8, 4) is 0 Å². The number of ether oxygens (including phenoxy) is 1. The van der Waals surface area contributed by atoms with Crippen molar-refractivity contribution in [2.24, 2.45) is 5.92 Å². The van der Waals surface area contributed by atoms with Crippen molar-refractivity contribution in [3.05, 3.63) is 17.8 Å². The Morgan fingerprint density at radius 1 is 1.10 bits per heavy atom. The van der Waals surface area contributed by atoms with E-state index in [0.29, 0.717) is 32.1 Å². The Bertz CT molecular complexity index is 769. The lowest BCUT2D eigenvalue weighted by atomic mass is 10.0. The lowest BCUT2D eigenvalue weighted by Crippen LogP contribution is -2.61. The number of aromatic nitrogens is 2. The summed E-state index contributed by atoms with van der Waals surface area (Å²) in [6.45, 7) is 3.50. The van der Waals surface area contributed by atoms with Crippen LogP contribution in [0.15, 0.2) is 12.1 Å². The van der Waals surface area contributed by atoms with Gasteiger partial charge in [0.25, 0.3) is 0 Å². The molecule has 29 heavy (non-hydrogen) atoms. The van der Waals surface area contributed by atoms with Gasteiger partial charge in [-0.2, -0.15) is 5.10 Å². The largest absolute Gasteiger partial charge is 0.381 e. The predicted molar refractivity (Wildman–Crippen MR) is 106 cm³/mol. The van der Waals surface area contributed by atoms with E-state index in [-0.39, 0.29) is 29.8 Å². The second-order valence-corrected chi connectivity index (χ2v) is 8.89. The molecule has 0 aromatic carbocycles. The molecule has 3 aliphatic heterocycles.